The molecule has 26 heavy (non-hydrogen) atoms. The Bertz CT molecular complexity index is 756. The molecule has 0 aromatic carbocycles. The summed E-state index contributed by atoms with van der Waals surface area (Å²) < 4.78 is 6.14. The quantitative estimate of drug-likeness (QED) is 0.581. The molecule has 6 rings (SSSR count). The van der Waals surface area contributed by atoms with E-state index in [1.807, 2.05) is 0 Å². The summed E-state index contributed by atoms with van der Waals surface area (Å²) in [6.07, 6.45) is 9.04. The van der Waals surface area contributed by atoms with Crippen LogP contribution in [-0.2, 0) is 14.3 Å². The fraction of sp³-hybridized carbons (Fsp3) is 0.818. The number of carbonyl (C=O) groups is 2. The van der Waals surface area contributed by atoms with Gasteiger partial charge < -0.3 is 4.74 Å². The van der Waals surface area contributed by atoms with E-state index in [0.717, 1.165) is 31.1 Å². The predicted molar refractivity (Wildman–Crippen MR) is 97.3 cm³/mol. The number of ketones is 1. The first-order valence-electron chi connectivity index (χ1n) is 10.6. The lowest BCUT2D eigenvalue weighted by atomic mass is 9.49. The second kappa shape index (κ2) is 4.96. The molecule has 0 radical (unpaired) electrons. The SMILES string of the molecule is C[C@]12CCC3C4CCC(=O)C(Cl)=C4CCC3C1[C@H]1C[C@H]1[C@@]21CCC(=O)O1. The molecule has 1 saturated heterocycles. The van der Waals surface area contributed by atoms with E-state index in [0.29, 0.717) is 41.5 Å². The molecule has 5 aliphatic carbocycles. The van der Waals surface area contributed by atoms with E-state index in [-0.39, 0.29) is 22.8 Å². The van der Waals surface area contributed by atoms with Crippen molar-refractivity contribution in [3.05, 3.63) is 10.6 Å². The normalized spacial score (nSPS) is 54.5. The first-order valence-corrected chi connectivity index (χ1v) is 11.0. The summed E-state index contributed by atoms with van der Waals surface area (Å²) >= 11 is 6.43. The van der Waals surface area contributed by atoms with E-state index in [2.05, 4.69) is 6.92 Å². The first kappa shape index (κ1) is 16.2. The maximum atomic E-state index is 12.1. The Morgan fingerprint density at radius 1 is 1.00 bits per heavy atom. The third-order valence-electron chi connectivity index (χ3n) is 9.53. The van der Waals surface area contributed by atoms with Gasteiger partial charge in [0.25, 0.3) is 0 Å². The second-order valence-corrected chi connectivity index (χ2v) is 10.5. The van der Waals surface area contributed by atoms with Gasteiger partial charge in [0.1, 0.15) is 5.60 Å². The number of esters is 1. The van der Waals surface area contributed by atoms with Gasteiger partial charge in [-0.25, -0.2) is 0 Å². The number of halogens is 1. The van der Waals surface area contributed by atoms with Crippen molar-refractivity contribution in [3.8, 4) is 0 Å². The zero-order valence-electron chi connectivity index (χ0n) is 15.4. The lowest BCUT2D eigenvalue weighted by molar-refractivity contribution is -0.174. The molecule has 5 fully saturated rings. The van der Waals surface area contributed by atoms with Crippen LogP contribution >= 0.6 is 11.6 Å². The number of allylic oxidation sites excluding steroid dienone is 1. The summed E-state index contributed by atoms with van der Waals surface area (Å²) in [5.74, 6) is 4.24. The maximum Gasteiger partial charge on any atom is 0.306 e. The fourth-order valence-corrected chi connectivity index (χ4v) is 8.92. The van der Waals surface area contributed by atoms with Crippen molar-refractivity contribution in [2.75, 3.05) is 0 Å². The summed E-state index contributed by atoms with van der Waals surface area (Å²) in [5.41, 5.74) is 1.30. The molecule has 0 bridgehead atoms. The van der Waals surface area contributed by atoms with Gasteiger partial charge in [-0.2, -0.15) is 0 Å². The van der Waals surface area contributed by atoms with Gasteiger partial charge in [0.2, 0.25) is 0 Å². The van der Waals surface area contributed by atoms with Gasteiger partial charge in [-0.15, -0.1) is 0 Å². The Morgan fingerprint density at radius 3 is 2.62 bits per heavy atom. The number of hydrogen-bond donors (Lipinski definition) is 0. The molecule has 0 amide bonds. The molecular formula is C22H27ClO3. The minimum absolute atomic E-state index is 0.0334. The van der Waals surface area contributed by atoms with Crippen molar-refractivity contribution in [2.45, 2.75) is 70.3 Å². The summed E-state index contributed by atoms with van der Waals surface area (Å²) in [6, 6.07) is 0. The smallest absolute Gasteiger partial charge is 0.306 e. The van der Waals surface area contributed by atoms with Crippen LogP contribution in [0.4, 0.5) is 0 Å². The summed E-state index contributed by atoms with van der Waals surface area (Å²) in [5, 5.41) is 0.574. The Kier molecular flexibility index (Phi) is 3.08. The molecule has 3 nitrogen and oxygen atoms in total. The highest BCUT2D eigenvalue weighted by molar-refractivity contribution is 6.43. The molecule has 0 aromatic rings. The second-order valence-electron chi connectivity index (χ2n) is 10.1. The van der Waals surface area contributed by atoms with Crippen molar-refractivity contribution in [2.24, 2.45) is 40.9 Å². The van der Waals surface area contributed by atoms with Crippen LogP contribution in [-0.4, -0.2) is 17.4 Å². The molecule has 6 aliphatic rings. The monoisotopic (exact) mass is 374 g/mol. The number of fused-ring (bicyclic) bond motifs is 9. The van der Waals surface area contributed by atoms with Crippen LogP contribution in [0.25, 0.3) is 0 Å². The highest BCUT2D eigenvalue weighted by atomic mass is 35.5. The molecule has 1 spiro atoms. The largest absolute Gasteiger partial charge is 0.458 e. The van der Waals surface area contributed by atoms with Crippen LogP contribution in [0.3, 0.4) is 0 Å². The third kappa shape index (κ3) is 1.73. The number of ether oxygens (including phenoxy) is 1. The standard InChI is InChI=1S/C22H27ClO3/c1-21-8-6-12-11-4-5-17(24)20(23)14(11)3-2-13(12)19(21)15-10-16(15)22(21)9-7-18(25)26-22/h11-13,15-16,19H,2-10H2,1H3/t11?,12?,13?,15-,16+,19?,21-,22-/m0/s1. The molecule has 4 saturated carbocycles. The average Bonchev–Trinajstić information content (AvgIpc) is 3.26. The first-order chi connectivity index (χ1) is 12.5. The van der Waals surface area contributed by atoms with Crippen LogP contribution in [0.2, 0.25) is 0 Å². The zero-order valence-corrected chi connectivity index (χ0v) is 16.2. The van der Waals surface area contributed by atoms with E-state index in [9.17, 15) is 9.59 Å². The molecule has 4 heteroatoms. The lowest BCUT2D eigenvalue weighted by Gasteiger charge is -2.57. The summed E-state index contributed by atoms with van der Waals surface area (Å²) in [7, 11) is 0. The van der Waals surface area contributed by atoms with Crippen LogP contribution in [0.5, 0.6) is 0 Å². The maximum absolute atomic E-state index is 12.1. The molecule has 1 heterocycles. The number of carbonyl (C=O) groups excluding carboxylic acids is 2. The molecule has 140 valence electrons. The molecule has 1 aliphatic heterocycles. The van der Waals surface area contributed by atoms with Gasteiger partial charge in [-0.3, -0.25) is 9.59 Å². The predicted octanol–water partition coefficient (Wildman–Crippen LogP) is 4.63. The van der Waals surface area contributed by atoms with Gasteiger partial charge >= 0.3 is 5.97 Å². The van der Waals surface area contributed by atoms with Gasteiger partial charge in [0.05, 0.1) is 5.03 Å². The Labute approximate surface area is 159 Å². The average molecular weight is 375 g/mol. The van der Waals surface area contributed by atoms with Crippen LogP contribution in [0, 0.1) is 40.9 Å². The summed E-state index contributed by atoms with van der Waals surface area (Å²) in [4.78, 5) is 24.1. The van der Waals surface area contributed by atoms with Crippen molar-refractivity contribution >= 4 is 23.4 Å². The van der Waals surface area contributed by atoms with E-state index in [1.54, 1.807) is 0 Å². The van der Waals surface area contributed by atoms with Crippen molar-refractivity contribution in [1.29, 1.82) is 0 Å². The topological polar surface area (TPSA) is 43.4 Å². The Morgan fingerprint density at radius 2 is 1.85 bits per heavy atom. The van der Waals surface area contributed by atoms with Gasteiger partial charge in [0, 0.05) is 24.2 Å². The van der Waals surface area contributed by atoms with Crippen molar-refractivity contribution in [1.82, 2.24) is 0 Å². The number of rotatable bonds is 0. The highest BCUT2D eigenvalue weighted by Gasteiger charge is 2.78. The molecular weight excluding hydrogens is 348 g/mol. The Balaban J connectivity index is 1.38. The van der Waals surface area contributed by atoms with E-state index in [4.69, 9.17) is 16.3 Å². The van der Waals surface area contributed by atoms with Gasteiger partial charge in [-0.1, -0.05) is 18.5 Å². The van der Waals surface area contributed by atoms with Crippen LogP contribution in [0.15, 0.2) is 10.6 Å². The zero-order chi connectivity index (χ0) is 17.8. The van der Waals surface area contributed by atoms with Crippen molar-refractivity contribution in [3.63, 3.8) is 0 Å². The summed E-state index contributed by atoms with van der Waals surface area (Å²) in [6.45, 7) is 2.45. The lowest BCUT2D eigenvalue weighted by Crippen LogP contribution is -2.55. The highest BCUT2D eigenvalue weighted by Crippen LogP contribution is 2.78. The number of Topliss-reactive ketones (excluding diaryl/α,β-unsaturated/α-hetero) is 1. The molecule has 0 aromatic heterocycles. The minimum Gasteiger partial charge on any atom is -0.458 e. The molecule has 0 N–H and O–H groups in total. The van der Waals surface area contributed by atoms with Crippen LogP contribution in [0.1, 0.15) is 64.7 Å². The van der Waals surface area contributed by atoms with Gasteiger partial charge in [-0.05, 0) is 80.1 Å². The van der Waals surface area contributed by atoms with Gasteiger partial charge in [0.15, 0.2) is 5.78 Å². The van der Waals surface area contributed by atoms with E-state index in [1.165, 1.54) is 31.3 Å². The fourth-order valence-electron chi connectivity index (χ4n) is 8.59. The van der Waals surface area contributed by atoms with Crippen molar-refractivity contribution < 1.29 is 14.3 Å². The minimum atomic E-state index is -0.152. The Hall–Kier alpha value is -0.830. The van der Waals surface area contributed by atoms with E-state index >= 15 is 0 Å². The van der Waals surface area contributed by atoms with Crippen LogP contribution < -0.4 is 0 Å². The number of hydrogen-bond acceptors (Lipinski definition) is 3. The molecule has 8 atom stereocenters. The third-order valence-corrected chi connectivity index (χ3v) is 9.98. The van der Waals surface area contributed by atoms with E-state index < -0.39 is 0 Å². The molecule has 4 unspecified atom stereocenters.